The van der Waals surface area contributed by atoms with Gasteiger partial charge in [-0.2, -0.15) is 0 Å². The van der Waals surface area contributed by atoms with Crippen LogP contribution in [0.25, 0.3) is 0 Å². The minimum Gasteiger partial charge on any atom is -0.375 e. The minimum atomic E-state index is 0.0265. The molecule has 1 heterocycles. The van der Waals surface area contributed by atoms with Crippen molar-refractivity contribution in [2.45, 2.75) is 32.9 Å². The van der Waals surface area contributed by atoms with Gasteiger partial charge in [0.25, 0.3) is 0 Å². The van der Waals surface area contributed by atoms with E-state index < -0.39 is 0 Å². The lowest BCUT2D eigenvalue weighted by atomic mass is 10.1. The van der Waals surface area contributed by atoms with Gasteiger partial charge in [0.05, 0.1) is 12.2 Å². The Hall–Kier alpha value is -1.63. The number of aliphatic imine (C=N–C) groups is 1. The number of hydrogen-bond acceptors (Lipinski definition) is 4. The summed E-state index contributed by atoms with van der Waals surface area (Å²) in [5.74, 6) is 0.879. The van der Waals surface area contributed by atoms with Crippen molar-refractivity contribution >= 4 is 28.9 Å². The van der Waals surface area contributed by atoms with Gasteiger partial charge in [0.1, 0.15) is 11.1 Å². The first kappa shape index (κ1) is 20.7. The maximum absolute atomic E-state index is 6.04. The second-order valence-electron chi connectivity index (χ2n) is 6.03. The second-order valence-corrected chi connectivity index (χ2v) is 7.35. The second kappa shape index (κ2) is 10.5. The molecular formula is C19H27ClN4OS. The third-order valence-electron chi connectivity index (χ3n) is 3.92. The monoisotopic (exact) mass is 394 g/mol. The van der Waals surface area contributed by atoms with E-state index in [4.69, 9.17) is 21.3 Å². The molecule has 0 amide bonds. The summed E-state index contributed by atoms with van der Waals surface area (Å²) in [5, 5.41) is 7.18. The third kappa shape index (κ3) is 6.27. The van der Waals surface area contributed by atoms with Gasteiger partial charge in [-0.1, -0.05) is 23.7 Å². The van der Waals surface area contributed by atoms with Crippen molar-refractivity contribution in [3.05, 3.63) is 50.9 Å². The zero-order valence-corrected chi connectivity index (χ0v) is 17.4. The zero-order valence-electron chi connectivity index (χ0n) is 15.8. The van der Waals surface area contributed by atoms with E-state index in [1.807, 2.05) is 32.2 Å². The number of nitrogens with one attached hydrogen (secondary N) is 1. The summed E-state index contributed by atoms with van der Waals surface area (Å²) < 4.78 is 5.33. The van der Waals surface area contributed by atoms with E-state index >= 15 is 0 Å². The molecule has 1 N–H and O–H groups in total. The Labute approximate surface area is 165 Å². The fourth-order valence-electron chi connectivity index (χ4n) is 2.45. The Balaban J connectivity index is 1.97. The molecule has 142 valence electrons. The predicted octanol–water partition coefficient (Wildman–Crippen LogP) is 4.14. The number of guanidine groups is 1. The van der Waals surface area contributed by atoms with Crippen LogP contribution in [0, 0.1) is 0 Å². The maximum Gasteiger partial charge on any atom is 0.194 e. The van der Waals surface area contributed by atoms with Gasteiger partial charge in [-0.25, -0.2) is 4.98 Å². The number of halogens is 1. The highest BCUT2D eigenvalue weighted by molar-refractivity contribution is 7.09. The van der Waals surface area contributed by atoms with Crippen LogP contribution in [-0.4, -0.2) is 43.1 Å². The first-order chi connectivity index (χ1) is 12.5. The molecule has 7 heteroatoms. The van der Waals surface area contributed by atoms with Gasteiger partial charge in [0, 0.05) is 37.6 Å². The zero-order chi connectivity index (χ0) is 18.9. The van der Waals surface area contributed by atoms with Crippen molar-refractivity contribution in [2.24, 2.45) is 4.99 Å². The molecule has 0 saturated heterocycles. The Morgan fingerprint density at radius 1 is 1.46 bits per heavy atom. The quantitative estimate of drug-likeness (QED) is 0.540. The molecule has 0 fully saturated rings. The van der Waals surface area contributed by atoms with Crippen LogP contribution in [-0.2, 0) is 17.7 Å². The summed E-state index contributed by atoms with van der Waals surface area (Å²) in [6, 6.07) is 7.92. The van der Waals surface area contributed by atoms with Crippen LogP contribution in [0.4, 0.5) is 0 Å². The molecule has 0 spiro atoms. The van der Waals surface area contributed by atoms with E-state index in [1.54, 1.807) is 18.4 Å². The highest BCUT2D eigenvalue weighted by Gasteiger charge is 2.12. The summed E-state index contributed by atoms with van der Waals surface area (Å²) >= 11 is 7.67. The summed E-state index contributed by atoms with van der Waals surface area (Å²) in [6.07, 6.45) is 0.883. The van der Waals surface area contributed by atoms with Crippen LogP contribution in [0.15, 0.2) is 34.6 Å². The van der Waals surface area contributed by atoms with Gasteiger partial charge < -0.3 is 15.0 Å². The summed E-state index contributed by atoms with van der Waals surface area (Å²) in [6.45, 7) is 6.31. The molecule has 26 heavy (non-hydrogen) atoms. The average molecular weight is 395 g/mol. The van der Waals surface area contributed by atoms with Crippen molar-refractivity contribution in [2.75, 3.05) is 27.2 Å². The van der Waals surface area contributed by atoms with Gasteiger partial charge in [0.2, 0.25) is 0 Å². The molecule has 2 rings (SSSR count). The Bertz CT molecular complexity index is 719. The van der Waals surface area contributed by atoms with E-state index in [-0.39, 0.29) is 6.10 Å². The highest BCUT2D eigenvalue weighted by Crippen LogP contribution is 2.21. The number of thiazole rings is 1. The van der Waals surface area contributed by atoms with Crippen molar-refractivity contribution in [1.29, 1.82) is 0 Å². The van der Waals surface area contributed by atoms with Crippen LogP contribution in [0.3, 0.4) is 0 Å². The van der Waals surface area contributed by atoms with Crippen LogP contribution < -0.4 is 5.32 Å². The first-order valence-electron chi connectivity index (χ1n) is 8.74. The Morgan fingerprint density at radius 2 is 2.27 bits per heavy atom. The summed E-state index contributed by atoms with van der Waals surface area (Å²) in [5.41, 5.74) is 2.22. The summed E-state index contributed by atoms with van der Waals surface area (Å²) in [7, 11) is 3.73. The molecule has 0 bridgehead atoms. The number of nitrogens with zero attached hydrogens (tertiary/aromatic N) is 3. The molecular weight excluding hydrogens is 368 g/mol. The third-order valence-corrected chi connectivity index (χ3v) is 5.21. The van der Waals surface area contributed by atoms with E-state index in [1.165, 1.54) is 5.56 Å². The molecule has 1 atom stereocenters. The van der Waals surface area contributed by atoms with Crippen molar-refractivity contribution in [3.63, 3.8) is 0 Å². The number of hydrogen-bond donors (Lipinski definition) is 1. The van der Waals surface area contributed by atoms with Crippen LogP contribution in [0.1, 0.15) is 36.2 Å². The average Bonchev–Trinajstić information content (AvgIpc) is 3.09. The largest absolute Gasteiger partial charge is 0.375 e. The van der Waals surface area contributed by atoms with Crippen LogP contribution in [0.2, 0.25) is 5.02 Å². The molecule has 1 aromatic heterocycles. The lowest BCUT2D eigenvalue weighted by Crippen LogP contribution is -2.38. The molecule has 0 aliphatic rings. The SMILES string of the molecule is CCNC(=NCCc1cccc(Cl)c1)N(C)Cc1csc(C(C)OC)n1. The standard InChI is InChI=1S/C19H27ClN4OS/c1-5-21-19(22-10-9-15-7-6-8-16(20)11-15)24(3)12-17-13-26-18(23-17)14(2)25-4/h6-8,11,13-14H,5,9-10,12H2,1-4H3,(H,21,22). The van der Waals surface area contributed by atoms with E-state index in [9.17, 15) is 0 Å². The molecule has 5 nitrogen and oxygen atoms in total. The molecule has 0 aliphatic carbocycles. The van der Waals surface area contributed by atoms with Crippen LogP contribution in [0.5, 0.6) is 0 Å². The van der Waals surface area contributed by atoms with Crippen molar-refractivity contribution in [3.8, 4) is 0 Å². The molecule has 0 saturated carbocycles. The molecule has 0 aliphatic heterocycles. The first-order valence-corrected chi connectivity index (χ1v) is 10.00. The van der Waals surface area contributed by atoms with Gasteiger partial charge >= 0.3 is 0 Å². The maximum atomic E-state index is 6.04. The smallest absolute Gasteiger partial charge is 0.194 e. The minimum absolute atomic E-state index is 0.0265. The van der Waals surface area contributed by atoms with Gasteiger partial charge in [0.15, 0.2) is 5.96 Å². The molecule has 1 aromatic carbocycles. The summed E-state index contributed by atoms with van der Waals surface area (Å²) in [4.78, 5) is 11.5. The lowest BCUT2D eigenvalue weighted by Gasteiger charge is -2.21. The fourth-order valence-corrected chi connectivity index (χ4v) is 3.51. The molecule has 0 radical (unpaired) electrons. The Kier molecular flexibility index (Phi) is 8.35. The van der Waals surface area contributed by atoms with E-state index in [0.717, 1.165) is 34.6 Å². The van der Waals surface area contributed by atoms with Crippen molar-refractivity contribution in [1.82, 2.24) is 15.2 Å². The Morgan fingerprint density at radius 3 is 2.96 bits per heavy atom. The molecule has 2 aromatic rings. The fraction of sp³-hybridized carbons (Fsp3) is 0.474. The number of ether oxygens (including phenoxy) is 1. The number of aromatic nitrogens is 1. The number of benzene rings is 1. The lowest BCUT2D eigenvalue weighted by molar-refractivity contribution is 0.119. The van der Waals surface area contributed by atoms with E-state index in [0.29, 0.717) is 13.1 Å². The number of methoxy groups -OCH3 is 1. The van der Waals surface area contributed by atoms with E-state index in [2.05, 4.69) is 33.6 Å². The highest BCUT2D eigenvalue weighted by atomic mass is 35.5. The van der Waals surface area contributed by atoms with Gasteiger partial charge in [-0.15, -0.1) is 11.3 Å². The van der Waals surface area contributed by atoms with Gasteiger partial charge in [-0.05, 0) is 38.0 Å². The van der Waals surface area contributed by atoms with Gasteiger partial charge in [-0.3, -0.25) is 4.99 Å². The van der Waals surface area contributed by atoms with Crippen molar-refractivity contribution < 1.29 is 4.74 Å². The molecule has 1 unspecified atom stereocenters. The number of rotatable bonds is 8. The normalized spacial score (nSPS) is 12.9. The topological polar surface area (TPSA) is 49.8 Å². The van der Waals surface area contributed by atoms with Crippen LogP contribution >= 0.6 is 22.9 Å². The predicted molar refractivity (Wildman–Crippen MR) is 110 cm³/mol.